The maximum atomic E-state index is 6.32. The molecular formula is C10H8ClIS2. The molecule has 0 aliphatic rings. The molecule has 0 aromatic carbocycles. The Morgan fingerprint density at radius 3 is 2.86 bits per heavy atom. The Hall–Kier alpha value is 0.420. The number of hydrogen-bond donors (Lipinski definition) is 0. The van der Waals surface area contributed by atoms with E-state index >= 15 is 0 Å². The van der Waals surface area contributed by atoms with Crippen LogP contribution in [0.1, 0.15) is 16.5 Å². The van der Waals surface area contributed by atoms with E-state index in [-0.39, 0.29) is 5.38 Å². The van der Waals surface area contributed by atoms with Gasteiger partial charge in [-0.2, -0.15) is 11.3 Å². The van der Waals surface area contributed by atoms with Crippen LogP contribution in [0.2, 0.25) is 0 Å². The summed E-state index contributed by atoms with van der Waals surface area (Å²) >= 11 is 12.1. The highest BCUT2D eigenvalue weighted by Gasteiger charge is 2.10. The molecule has 1 atom stereocenters. The van der Waals surface area contributed by atoms with E-state index in [2.05, 4.69) is 50.9 Å². The maximum Gasteiger partial charge on any atom is 0.0656 e. The molecule has 0 fully saturated rings. The lowest BCUT2D eigenvalue weighted by Crippen LogP contribution is -1.92. The third-order valence-corrected chi connectivity index (χ3v) is 4.89. The second-order valence-corrected chi connectivity index (χ2v) is 7.10. The fraction of sp³-hybridized carbons (Fsp3) is 0.200. The first-order valence-corrected chi connectivity index (χ1v) is 7.48. The van der Waals surface area contributed by atoms with Crippen LogP contribution in [0.25, 0.3) is 0 Å². The van der Waals surface area contributed by atoms with Crippen molar-refractivity contribution in [3.8, 4) is 0 Å². The van der Waals surface area contributed by atoms with Gasteiger partial charge in [-0.15, -0.1) is 22.9 Å². The van der Waals surface area contributed by atoms with Gasteiger partial charge in [-0.25, -0.2) is 0 Å². The lowest BCUT2D eigenvalue weighted by molar-refractivity contribution is 0.929. The lowest BCUT2D eigenvalue weighted by atomic mass is 10.1. The van der Waals surface area contributed by atoms with Crippen LogP contribution >= 0.6 is 56.9 Å². The summed E-state index contributed by atoms with van der Waals surface area (Å²) in [5.41, 5.74) is 2.57. The molecular weight excluding hydrogens is 347 g/mol. The molecule has 0 spiro atoms. The average molecular weight is 355 g/mol. The molecule has 2 aromatic heterocycles. The summed E-state index contributed by atoms with van der Waals surface area (Å²) < 4.78 is 1.30. The quantitative estimate of drug-likeness (QED) is 0.541. The minimum atomic E-state index is 0.115. The van der Waals surface area contributed by atoms with Crippen molar-refractivity contribution in [1.29, 1.82) is 0 Å². The highest BCUT2D eigenvalue weighted by molar-refractivity contribution is 14.1. The van der Waals surface area contributed by atoms with Crippen LogP contribution in [-0.4, -0.2) is 0 Å². The number of hydrogen-bond acceptors (Lipinski definition) is 2. The molecule has 74 valence electrons. The van der Waals surface area contributed by atoms with Gasteiger partial charge in [-0.05, 0) is 68.4 Å². The van der Waals surface area contributed by atoms with Crippen LogP contribution in [0, 0.1) is 2.88 Å². The average Bonchev–Trinajstić information content (AvgIpc) is 2.75. The Morgan fingerprint density at radius 1 is 1.43 bits per heavy atom. The lowest BCUT2D eigenvalue weighted by Gasteiger charge is -2.04. The summed E-state index contributed by atoms with van der Waals surface area (Å²) in [5, 5.41) is 6.51. The molecule has 1 unspecified atom stereocenters. The van der Waals surface area contributed by atoms with Gasteiger partial charge in [0, 0.05) is 0 Å². The second-order valence-electron chi connectivity index (χ2n) is 2.99. The molecule has 4 heteroatoms. The van der Waals surface area contributed by atoms with Crippen molar-refractivity contribution in [3.63, 3.8) is 0 Å². The largest absolute Gasteiger partial charge is 0.152 e. The SMILES string of the molecule is ClC(Cc1ccsc1)c1csc(I)c1. The van der Waals surface area contributed by atoms with Gasteiger partial charge in [0.15, 0.2) is 0 Å². The number of alkyl halides is 1. The molecule has 2 aromatic rings. The van der Waals surface area contributed by atoms with Gasteiger partial charge in [0.05, 0.1) is 8.26 Å². The second kappa shape index (κ2) is 4.96. The van der Waals surface area contributed by atoms with Crippen molar-refractivity contribution in [3.05, 3.63) is 42.3 Å². The van der Waals surface area contributed by atoms with Gasteiger partial charge in [0.1, 0.15) is 0 Å². The molecule has 0 bridgehead atoms. The van der Waals surface area contributed by atoms with Crippen molar-refractivity contribution in [2.75, 3.05) is 0 Å². The molecule has 2 heterocycles. The van der Waals surface area contributed by atoms with Gasteiger partial charge in [0.25, 0.3) is 0 Å². The Bertz CT molecular complexity index is 394. The van der Waals surface area contributed by atoms with Crippen LogP contribution in [0.4, 0.5) is 0 Å². The van der Waals surface area contributed by atoms with E-state index in [0.29, 0.717) is 0 Å². The predicted molar refractivity (Wildman–Crippen MR) is 73.7 cm³/mol. The fourth-order valence-electron chi connectivity index (χ4n) is 1.22. The topological polar surface area (TPSA) is 0 Å². The van der Waals surface area contributed by atoms with Crippen molar-refractivity contribution in [2.45, 2.75) is 11.8 Å². The normalized spacial score (nSPS) is 13.0. The van der Waals surface area contributed by atoms with E-state index < -0.39 is 0 Å². The Labute approximate surface area is 110 Å². The minimum absolute atomic E-state index is 0.115. The molecule has 14 heavy (non-hydrogen) atoms. The summed E-state index contributed by atoms with van der Waals surface area (Å²) in [6.07, 6.45) is 0.928. The highest BCUT2D eigenvalue weighted by atomic mass is 127. The molecule has 0 saturated carbocycles. The smallest absolute Gasteiger partial charge is 0.0656 e. The molecule has 0 radical (unpaired) electrons. The van der Waals surface area contributed by atoms with Crippen molar-refractivity contribution < 1.29 is 0 Å². The molecule has 2 rings (SSSR count). The highest BCUT2D eigenvalue weighted by Crippen LogP contribution is 2.29. The number of thiophene rings is 2. The van der Waals surface area contributed by atoms with Crippen molar-refractivity contribution >= 4 is 56.9 Å². The molecule has 0 amide bonds. The van der Waals surface area contributed by atoms with Crippen LogP contribution in [0.5, 0.6) is 0 Å². The first-order valence-electron chi connectivity index (χ1n) is 4.15. The molecule has 0 N–H and O–H groups in total. The van der Waals surface area contributed by atoms with E-state index in [4.69, 9.17) is 11.6 Å². The third-order valence-electron chi connectivity index (χ3n) is 1.94. The summed E-state index contributed by atoms with van der Waals surface area (Å²) in [5.74, 6) is 0. The van der Waals surface area contributed by atoms with E-state index in [1.807, 2.05) is 0 Å². The number of rotatable bonds is 3. The minimum Gasteiger partial charge on any atom is -0.152 e. The van der Waals surface area contributed by atoms with Crippen LogP contribution in [-0.2, 0) is 6.42 Å². The zero-order valence-corrected chi connectivity index (χ0v) is 11.8. The van der Waals surface area contributed by atoms with E-state index in [9.17, 15) is 0 Å². The summed E-state index contributed by atoms with van der Waals surface area (Å²) in [6, 6.07) is 4.30. The Kier molecular flexibility index (Phi) is 3.87. The fourth-order valence-corrected chi connectivity index (χ4v) is 3.71. The molecule has 0 aliphatic carbocycles. The maximum absolute atomic E-state index is 6.32. The first-order chi connectivity index (χ1) is 6.75. The molecule has 0 saturated heterocycles. The zero-order chi connectivity index (χ0) is 9.97. The van der Waals surface area contributed by atoms with Gasteiger partial charge in [-0.3, -0.25) is 0 Å². The van der Waals surface area contributed by atoms with Crippen molar-refractivity contribution in [2.24, 2.45) is 0 Å². The summed E-state index contributed by atoms with van der Waals surface area (Å²) in [7, 11) is 0. The summed E-state index contributed by atoms with van der Waals surface area (Å²) in [4.78, 5) is 0. The first kappa shape index (κ1) is 10.9. The Balaban J connectivity index is 2.06. The standard InChI is InChI=1S/C10H8ClIS2/c11-9(3-7-1-2-13-5-7)8-4-10(12)14-6-8/h1-2,4-6,9H,3H2. The third kappa shape index (κ3) is 2.72. The number of halogens is 2. The van der Waals surface area contributed by atoms with E-state index in [0.717, 1.165) is 6.42 Å². The van der Waals surface area contributed by atoms with Gasteiger partial charge < -0.3 is 0 Å². The van der Waals surface area contributed by atoms with Crippen molar-refractivity contribution in [1.82, 2.24) is 0 Å². The van der Waals surface area contributed by atoms with Gasteiger partial charge >= 0.3 is 0 Å². The van der Waals surface area contributed by atoms with Gasteiger partial charge in [0.2, 0.25) is 0 Å². The van der Waals surface area contributed by atoms with E-state index in [1.54, 1.807) is 22.7 Å². The molecule has 0 aliphatic heterocycles. The Morgan fingerprint density at radius 2 is 2.29 bits per heavy atom. The summed E-state index contributed by atoms with van der Waals surface area (Å²) in [6.45, 7) is 0. The predicted octanol–water partition coefficient (Wildman–Crippen LogP) is 4.94. The monoisotopic (exact) mass is 354 g/mol. The van der Waals surface area contributed by atoms with Crippen LogP contribution in [0.15, 0.2) is 28.3 Å². The zero-order valence-electron chi connectivity index (χ0n) is 7.24. The van der Waals surface area contributed by atoms with Crippen LogP contribution < -0.4 is 0 Å². The van der Waals surface area contributed by atoms with E-state index in [1.165, 1.54) is 14.0 Å². The molecule has 0 nitrogen and oxygen atoms in total. The van der Waals surface area contributed by atoms with Gasteiger partial charge in [-0.1, -0.05) is 0 Å². The van der Waals surface area contributed by atoms with Crippen LogP contribution in [0.3, 0.4) is 0 Å².